The lowest BCUT2D eigenvalue weighted by Gasteiger charge is -2.20. The van der Waals surface area contributed by atoms with Crippen LogP contribution in [0.2, 0.25) is 10.0 Å². The van der Waals surface area contributed by atoms with E-state index in [0.29, 0.717) is 39.2 Å². The van der Waals surface area contributed by atoms with Gasteiger partial charge in [0.1, 0.15) is 0 Å². The Kier molecular flexibility index (Phi) is 9.52. The van der Waals surface area contributed by atoms with Crippen LogP contribution in [-0.2, 0) is 11.8 Å². The first kappa shape index (κ1) is 28.4. The van der Waals surface area contributed by atoms with E-state index in [9.17, 15) is 19.7 Å². The maximum atomic E-state index is 12.9. The molecule has 2 aromatic carbocycles. The highest BCUT2D eigenvalue weighted by Crippen LogP contribution is 2.27. The predicted molar refractivity (Wildman–Crippen MR) is 144 cm³/mol. The van der Waals surface area contributed by atoms with Crippen molar-refractivity contribution >= 4 is 58.2 Å². The van der Waals surface area contributed by atoms with Gasteiger partial charge in [-0.25, -0.2) is 0 Å². The molecule has 0 spiro atoms. The molecule has 0 fully saturated rings. The van der Waals surface area contributed by atoms with Crippen LogP contribution in [0.1, 0.15) is 48.1 Å². The van der Waals surface area contributed by atoms with Crippen LogP contribution in [0.5, 0.6) is 0 Å². The van der Waals surface area contributed by atoms with E-state index < -0.39 is 11.0 Å². The van der Waals surface area contributed by atoms with E-state index in [-0.39, 0.29) is 34.2 Å². The summed E-state index contributed by atoms with van der Waals surface area (Å²) in [6, 6.07) is 8.47. The number of benzene rings is 2. The van der Waals surface area contributed by atoms with Crippen LogP contribution in [0.4, 0.5) is 11.4 Å². The molecule has 0 saturated heterocycles. The minimum absolute atomic E-state index is 0.0436. The molecule has 0 radical (unpaired) electrons. The summed E-state index contributed by atoms with van der Waals surface area (Å²) in [6.07, 6.45) is 0.605. The van der Waals surface area contributed by atoms with Gasteiger partial charge in [0.05, 0.1) is 27.3 Å². The van der Waals surface area contributed by atoms with Crippen LogP contribution in [0.25, 0.3) is 0 Å². The van der Waals surface area contributed by atoms with E-state index in [1.807, 2.05) is 13.8 Å². The number of carbonyl (C=O) groups is 2. The molecule has 2 amide bonds. The first-order valence-corrected chi connectivity index (χ1v) is 13.0. The second-order valence-corrected chi connectivity index (χ2v) is 10.6. The zero-order valence-corrected chi connectivity index (χ0v) is 22.9. The van der Waals surface area contributed by atoms with Gasteiger partial charge in [-0.1, -0.05) is 48.8 Å². The molecule has 196 valence electrons. The summed E-state index contributed by atoms with van der Waals surface area (Å²) < 4.78 is 1.74. The number of hydrogen-bond acceptors (Lipinski definition) is 7. The van der Waals surface area contributed by atoms with Crippen molar-refractivity contribution in [1.29, 1.82) is 0 Å². The molecule has 0 aliphatic rings. The lowest BCUT2D eigenvalue weighted by molar-refractivity contribution is -0.384. The summed E-state index contributed by atoms with van der Waals surface area (Å²) in [7, 11) is 1.77. The first-order valence-electron chi connectivity index (χ1n) is 11.3. The number of nitrogens with one attached hydrogen (secondary N) is 2. The van der Waals surface area contributed by atoms with Crippen LogP contribution in [0, 0.1) is 23.0 Å². The van der Waals surface area contributed by atoms with Crippen molar-refractivity contribution in [1.82, 2.24) is 20.1 Å². The number of anilines is 1. The Hall–Kier alpha value is -3.15. The van der Waals surface area contributed by atoms with Gasteiger partial charge in [-0.05, 0) is 49.1 Å². The van der Waals surface area contributed by atoms with Crippen molar-refractivity contribution in [2.24, 2.45) is 13.0 Å². The van der Waals surface area contributed by atoms with Gasteiger partial charge in [0, 0.05) is 29.9 Å². The summed E-state index contributed by atoms with van der Waals surface area (Å²) in [5.41, 5.74) is 1.34. The van der Waals surface area contributed by atoms with Gasteiger partial charge in [0.15, 0.2) is 11.0 Å². The molecule has 3 rings (SSSR count). The number of nitro benzene ring substituents is 1. The molecule has 3 aromatic rings. The van der Waals surface area contributed by atoms with Gasteiger partial charge in [-0.15, -0.1) is 10.2 Å². The minimum Gasteiger partial charge on any atom is -0.342 e. The van der Waals surface area contributed by atoms with Crippen molar-refractivity contribution in [3.63, 3.8) is 0 Å². The SMILES string of the molecule is Cc1cc([N+](=O)[O-])ccc1NC(=O)CSc1nnc([C@H](CC(C)C)NC(=O)c2ccc(Cl)cc2Cl)n1C. The summed E-state index contributed by atoms with van der Waals surface area (Å²) in [4.78, 5) is 35.9. The molecule has 2 N–H and O–H groups in total. The fourth-order valence-electron chi connectivity index (χ4n) is 3.58. The molecular formula is C24H26Cl2N6O4S. The number of nitro groups is 1. The molecule has 0 unspecified atom stereocenters. The fourth-order valence-corrected chi connectivity index (χ4v) is 4.80. The number of carbonyl (C=O) groups excluding carboxylic acids is 2. The molecule has 1 aromatic heterocycles. The normalized spacial score (nSPS) is 11.9. The highest BCUT2D eigenvalue weighted by atomic mass is 35.5. The van der Waals surface area contributed by atoms with Gasteiger partial charge >= 0.3 is 0 Å². The van der Waals surface area contributed by atoms with E-state index >= 15 is 0 Å². The highest BCUT2D eigenvalue weighted by molar-refractivity contribution is 7.99. The number of nitrogens with zero attached hydrogens (tertiary/aromatic N) is 4. The molecule has 10 nitrogen and oxygen atoms in total. The molecule has 0 aliphatic carbocycles. The van der Waals surface area contributed by atoms with Crippen molar-refractivity contribution in [3.05, 3.63) is 73.5 Å². The van der Waals surface area contributed by atoms with E-state index in [2.05, 4.69) is 20.8 Å². The number of halogens is 2. The maximum absolute atomic E-state index is 12.9. The average molecular weight is 565 g/mol. The first-order chi connectivity index (χ1) is 17.5. The number of non-ortho nitro benzene ring substituents is 1. The molecule has 1 heterocycles. The molecule has 1 atom stereocenters. The van der Waals surface area contributed by atoms with Gasteiger partial charge < -0.3 is 15.2 Å². The molecule has 0 saturated carbocycles. The zero-order valence-electron chi connectivity index (χ0n) is 20.6. The van der Waals surface area contributed by atoms with Crippen LogP contribution in [0.15, 0.2) is 41.6 Å². The Morgan fingerprint density at radius 1 is 1.16 bits per heavy atom. The third-order valence-corrected chi connectivity index (χ3v) is 6.96. The van der Waals surface area contributed by atoms with E-state index in [4.69, 9.17) is 23.2 Å². The Balaban J connectivity index is 1.69. The highest BCUT2D eigenvalue weighted by Gasteiger charge is 2.24. The van der Waals surface area contributed by atoms with Crippen LogP contribution in [-0.4, -0.2) is 37.3 Å². The number of thioether (sulfide) groups is 1. The Bertz CT molecular complexity index is 1330. The monoisotopic (exact) mass is 564 g/mol. The number of aryl methyl sites for hydroxylation is 1. The number of hydrogen-bond donors (Lipinski definition) is 2. The number of aromatic nitrogens is 3. The summed E-state index contributed by atoms with van der Waals surface area (Å²) in [6.45, 7) is 5.75. The van der Waals surface area contributed by atoms with Crippen molar-refractivity contribution in [2.45, 2.75) is 38.4 Å². The van der Waals surface area contributed by atoms with Gasteiger partial charge in [-0.2, -0.15) is 0 Å². The third kappa shape index (κ3) is 7.43. The van der Waals surface area contributed by atoms with Gasteiger partial charge in [0.25, 0.3) is 11.6 Å². The van der Waals surface area contributed by atoms with Crippen LogP contribution >= 0.6 is 35.0 Å². The fraction of sp³-hybridized carbons (Fsp3) is 0.333. The van der Waals surface area contributed by atoms with Crippen molar-refractivity contribution in [2.75, 3.05) is 11.1 Å². The van der Waals surface area contributed by atoms with E-state index in [0.717, 1.165) is 0 Å². The summed E-state index contributed by atoms with van der Waals surface area (Å²) in [5.74, 6) is 0.179. The smallest absolute Gasteiger partial charge is 0.269 e. The largest absolute Gasteiger partial charge is 0.342 e. The molecule has 13 heteroatoms. The Labute approximate surface area is 228 Å². The predicted octanol–water partition coefficient (Wildman–Crippen LogP) is 5.59. The van der Waals surface area contributed by atoms with Gasteiger partial charge in [0.2, 0.25) is 5.91 Å². The zero-order chi connectivity index (χ0) is 27.3. The summed E-state index contributed by atoms with van der Waals surface area (Å²) in [5, 5.41) is 26.3. The van der Waals surface area contributed by atoms with Crippen LogP contribution < -0.4 is 10.6 Å². The second-order valence-electron chi connectivity index (χ2n) is 8.77. The average Bonchev–Trinajstić information content (AvgIpc) is 3.18. The quantitative estimate of drug-likeness (QED) is 0.186. The van der Waals surface area contributed by atoms with Crippen LogP contribution in [0.3, 0.4) is 0 Å². The molecule has 0 aliphatic heterocycles. The van der Waals surface area contributed by atoms with Crippen molar-refractivity contribution < 1.29 is 14.5 Å². The number of amides is 2. The Morgan fingerprint density at radius 3 is 2.51 bits per heavy atom. The standard InChI is InChI=1S/C24H26Cl2N6O4S/c1-13(2)9-20(28-23(34)17-7-5-15(25)11-18(17)26)22-29-30-24(31(22)4)37-12-21(33)27-19-8-6-16(32(35)36)10-14(19)3/h5-8,10-11,13,20H,9,12H2,1-4H3,(H,27,33)(H,28,34)/t20-/m0/s1. The second kappa shape index (κ2) is 12.4. The van der Waals surface area contributed by atoms with Gasteiger partial charge in [-0.3, -0.25) is 19.7 Å². The molecule has 37 heavy (non-hydrogen) atoms. The third-order valence-electron chi connectivity index (χ3n) is 5.40. The summed E-state index contributed by atoms with van der Waals surface area (Å²) >= 11 is 13.3. The molecular weight excluding hydrogens is 539 g/mol. The van der Waals surface area contributed by atoms with E-state index in [1.54, 1.807) is 30.7 Å². The molecule has 0 bridgehead atoms. The lowest BCUT2D eigenvalue weighted by atomic mass is 10.0. The minimum atomic E-state index is -0.487. The topological polar surface area (TPSA) is 132 Å². The lowest BCUT2D eigenvalue weighted by Crippen LogP contribution is -2.31. The number of rotatable bonds is 10. The van der Waals surface area contributed by atoms with Crippen molar-refractivity contribution in [3.8, 4) is 0 Å². The Morgan fingerprint density at radius 2 is 1.89 bits per heavy atom. The maximum Gasteiger partial charge on any atom is 0.269 e. The van der Waals surface area contributed by atoms with E-state index in [1.165, 1.54) is 36.0 Å².